The van der Waals surface area contributed by atoms with Crippen LogP contribution in [0.25, 0.3) is 0 Å². The van der Waals surface area contributed by atoms with Gasteiger partial charge in [-0.1, -0.05) is 27.2 Å². The monoisotopic (exact) mass is 294 g/mol. The van der Waals surface area contributed by atoms with Gasteiger partial charge in [0.2, 0.25) is 5.91 Å². The van der Waals surface area contributed by atoms with Crippen LogP contribution < -0.4 is 5.32 Å². The van der Waals surface area contributed by atoms with Crippen LogP contribution in [0.2, 0.25) is 0 Å². The van der Waals surface area contributed by atoms with Crippen molar-refractivity contribution in [3.63, 3.8) is 0 Å². The fourth-order valence-electron chi connectivity index (χ4n) is 2.94. The van der Waals surface area contributed by atoms with Gasteiger partial charge in [-0.25, -0.2) is 0 Å². The van der Waals surface area contributed by atoms with Crippen LogP contribution in [0.4, 0.5) is 0 Å². The summed E-state index contributed by atoms with van der Waals surface area (Å²) in [4.78, 5) is 17.3. The summed E-state index contributed by atoms with van der Waals surface area (Å²) in [5.74, 6) is 0.585. The van der Waals surface area contributed by atoms with Crippen molar-refractivity contribution < 1.29 is 4.79 Å². The number of hydrogen-bond acceptors (Lipinski definition) is 3. The Balaban J connectivity index is 2.29. The Morgan fingerprint density at radius 1 is 1.35 bits per heavy atom. The van der Waals surface area contributed by atoms with E-state index < -0.39 is 0 Å². The van der Waals surface area contributed by atoms with Crippen LogP contribution in [0.1, 0.15) is 56.5 Å². The molecular formula is C16H26N2OS. The maximum atomic E-state index is 12.7. The first-order valence-corrected chi connectivity index (χ1v) is 8.41. The standard InChI is InChI=1S/C16H26N2OS/c1-6-7-11(4)18-15(13-9-8-12(5)20-13)17-14(10(2)3)16(18)19/h8-11,14-15,17H,6-7H2,1-5H3. The van der Waals surface area contributed by atoms with Crippen molar-refractivity contribution in [1.29, 1.82) is 0 Å². The lowest BCUT2D eigenvalue weighted by molar-refractivity contribution is -0.132. The highest BCUT2D eigenvalue weighted by Gasteiger charge is 2.43. The van der Waals surface area contributed by atoms with Gasteiger partial charge in [-0.2, -0.15) is 0 Å². The highest BCUT2D eigenvalue weighted by molar-refractivity contribution is 7.12. The Hall–Kier alpha value is -0.870. The molecule has 4 heteroatoms. The molecule has 1 fully saturated rings. The zero-order valence-corrected chi connectivity index (χ0v) is 14.0. The normalized spacial score (nSPS) is 24.7. The van der Waals surface area contributed by atoms with Crippen LogP contribution in [0.15, 0.2) is 12.1 Å². The zero-order chi connectivity index (χ0) is 14.9. The van der Waals surface area contributed by atoms with E-state index in [-0.39, 0.29) is 24.2 Å². The number of nitrogens with one attached hydrogen (secondary N) is 1. The van der Waals surface area contributed by atoms with Crippen LogP contribution in [-0.2, 0) is 4.79 Å². The number of carbonyl (C=O) groups is 1. The van der Waals surface area contributed by atoms with Crippen molar-refractivity contribution in [3.05, 3.63) is 21.9 Å². The quantitative estimate of drug-likeness (QED) is 0.898. The Bertz CT molecular complexity index is 469. The molecule has 0 radical (unpaired) electrons. The van der Waals surface area contributed by atoms with Gasteiger partial charge in [-0.3, -0.25) is 10.1 Å². The molecule has 0 spiro atoms. The second kappa shape index (κ2) is 6.27. The summed E-state index contributed by atoms with van der Waals surface area (Å²) >= 11 is 1.78. The Morgan fingerprint density at radius 3 is 2.55 bits per heavy atom. The smallest absolute Gasteiger partial charge is 0.241 e. The summed E-state index contributed by atoms with van der Waals surface area (Å²) in [6, 6.07) is 4.52. The molecule has 1 aromatic heterocycles. The molecule has 1 N–H and O–H groups in total. The number of aryl methyl sites for hydroxylation is 1. The van der Waals surface area contributed by atoms with E-state index in [4.69, 9.17) is 0 Å². The molecular weight excluding hydrogens is 268 g/mol. The Kier molecular flexibility index (Phi) is 4.86. The van der Waals surface area contributed by atoms with Crippen LogP contribution in [0.5, 0.6) is 0 Å². The van der Waals surface area contributed by atoms with Gasteiger partial charge in [0.25, 0.3) is 0 Å². The predicted molar refractivity (Wildman–Crippen MR) is 84.8 cm³/mol. The third-order valence-electron chi connectivity index (χ3n) is 4.01. The second-order valence-electron chi connectivity index (χ2n) is 6.12. The molecule has 1 aromatic rings. The molecule has 0 aliphatic carbocycles. The minimum atomic E-state index is -0.0540. The molecule has 3 unspecified atom stereocenters. The molecule has 0 saturated carbocycles. The van der Waals surface area contributed by atoms with E-state index in [9.17, 15) is 4.79 Å². The summed E-state index contributed by atoms with van der Waals surface area (Å²) in [6.45, 7) is 10.7. The number of thiophene rings is 1. The molecule has 2 rings (SSSR count). The lowest BCUT2D eigenvalue weighted by atomic mass is 10.0. The third-order valence-corrected chi connectivity index (χ3v) is 5.07. The summed E-state index contributed by atoms with van der Waals surface area (Å²) in [5.41, 5.74) is 0. The maximum absolute atomic E-state index is 12.7. The van der Waals surface area contributed by atoms with E-state index >= 15 is 0 Å². The van der Waals surface area contributed by atoms with Crippen molar-refractivity contribution in [2.75, 3.05) is 0 Å². The number of carbonyl (C=O) groups excluding carboxylic acids is 1. The van der Waals surface area contributed by atoms with Gasteiger partial charge < -0.3 is 4.90 Å². The van der Waals surface area contributed by atoms with Gasteiger partial charge in [0.1, 0.15) is 6.17 Å². The molecule has 1 amide bonds. The molecule has 2 heterocycles. The molecule has 3 nitrogen and oxygen atoms in total. The first-order valence-electron chi connectivity index (χ1n) is 7.60. The van der Waals surface area contributed by atoms with Crippen LogP contribution in [0.3, 0.4) is 0 Å². The van der Waals surface area contributed by atoms with E-state index in [0.717, 1.165) is 12.8 Å². The SMILES string of the molecule is CCCC(C)N1C(=O)C(C(C)C)NC1c1ccc(C)s1. The maximum Gasteiger partial charge on any atom is 0.241 e. The molecule has 1 aliphatic rings. The highest BCUT2D eigenvalue weighted by atomic mass is 32.1. The summed E-state index contributed by atoms with van der Waals surface area (Å²) in [6.07, 6.45) is 2.21. The first kappa shape index (κ1) is 15.5. The molecule has 0 bridgehead atoms. The second-order valence-corrected chi connectivity index (χ2v) is 7.44. The Morgan fingerprint density at radius 2 is 2.05 bits per heavy atom. The van der Waals surface area contributed by atoms with E-state index in [1.165, 1.54) is 9.75 Å². The number of amides is 1. The Labute approximate surface area is 126 Å². The average molecular weight is 294 g/mol. The fraction of sp³-hybridized carbons (Fsp3) is 0.688. The number of hydrogen-bond donors (Lipinski definition) is 1. The highest BCUT2D eigenvalue weighted by Crippen LogP contribution is 2.34. The van der Waals surface area contributed by atoms with Crippen molar-refractivity contribution >= 4 is 17.2 Å². The van der Waals surface area contributed by atoms with Gasteiger partial charge in [-0.05, 0) is 38.3 Å². The van der Waals surface area contributed by atoms with Gasteiger partial charge in [-0.15, -0.1) is 11.3 Å². The van der Waals surface area contributed by atoms with Crippen LogP contribution in [-0.4, -0.2) is 22.9 Å². The summed E-state index contributed by atoms with van der Waals surface area (Å²) in [7, 11) is 0. The van der Waals surface area contributed by atoms with Gasteiger partial charge in [0.05, 0.1) is 6.04 Å². The van der Waals surface area contributed by atoms with Gasteiger partial charge in [0.15, 0.2) is 0 Å². The molecule has 3 atom stereocenters. The van der Waals surface area contributed by atoms with Crippen molar-refractivity contribution in [2.45, 2.75) is 65.7 Å². The third kappa shape index (κ3) is 2.91. The number of nitrogens with zero attached hydrogens (tertiary/aromatic N) is 1. The minimum absolute atomic E-state index is 0.0511. The summed E-state index contributed by atoms with van der Waals surface area (Å²) in [5, 5.41) is 3.55. The van der Waals surface area contributed by atoms with Gasteiger partial charge >= 0.3 is 0 Å². The van der Waals surface area contributed by atoms with E-state index in [0.29, 0.717) is 5.92 Å². The lowest BCUT2D eigenvalue weighted by Crippen LogP contribution is -2.39. The lowest BCUT2D eigenvalue weighted by Gasteiger charge is -2.29. The van der Waals surface area contributed by atoms with Crippen molar-refractivity contribution in [3.8, 4) is 0 Å². The van der Waals surface area contributed by atoms with Gasteiger partial charge in [0, 0.05) is 15.8 Å². The predicted octanol–water partition coefficient (Wildman–Crippen LogP) is 3.70. The largest absolute Gasteiger partial charge is 0.318 e. The van der Waals surface area contributed by atoms with Crippen LogP contribution in [0, 0.1) is 12.8 Å². The van der Waals surface area contributed by atoms with Crippen molar-refractivity contribution in [2.24, 2.45) is 5.92 Å². The van der Waals surface area contributed by atoms with E-state index in [1.807, 2.05) is 0 Å². The molecule has 112 valence electrons. The van der Waals surface area contributed by atoms with Crippen LogP contribution >= 0.6 is 11.3 Å². The number of rotatable bonds is 5. The summed E-state index contributed by atoms with van der Waals surface area (Å²) < 4.78 is 0. The van der Waals surface area contributed by atoms with E-state index in [2.05, 4.69) is 57.0 Å². The molecule has 1 aliphatic heterocycles. The molecule has 1 saturated heterocycles. The topological polar surface area (TPSA) is 32.3 Å². The van der Waals surface area contributed by atoms with E-state index in [1.54, 1.807) is 11.3 Å². The van der Waals surface area contributed by atoms with Crippen molar-refractivity contribution in [1.82, 2.24) is 10.2 Å². The average Bonchev–Trinajstić information content (AvgIpc) is 2.93. The molecule has 20 heavy (non-hydrogen) atoms. The minimum Gasteiger partial charge on any atom is -0.318 e. The first-order chi connectivity index (χ1) is 9.45. The fourth-order valence-corrected chi connectivity index (χ4v) is 3.87. The molecule has 0 aromatic carbocycles. The zero-order valence-electron chi connectivity index (χ0n) is 13.1.